The fraction of sp³-hybridized carbons (Fsp3) is 0.278. The van der Waals surface area contributed by atoms with Gasteiger partial charge in [-0.05, 0) is 31.0 Å². The van der Waals surface area contributed by atoms with Crippen molar-refractivity contribution in [3.8, 4) is 5.75 Å². The Morgan fingerprint density at radius 2 is 2.00 bits per heavy atom. The number of aromatic nitrogens is 4. The second-order valence-corrected chi connectivity index (χ2v) is 5.80. The first-order chi connectivity index (χ1) is 12.0. The van der Waals surface area contributed by atoms with Gasteiger partial charge in [0.15, 0.2) is 6.73 Å². The molecule has 0 unspecified atom stereocenters. The highest BCUT2D eigenvalue weighted by Gasteiger charge is 2.13. The first-order valence-corrected chi connectivity index (χ1v) is 8.11. The van der Waals surface area contributed by atoms with Gasteiger partial charge in [0.1, 0.15) is 5.75 Å². The number of ether oxygens (including phenoxy) is 1. The Morgan fingerprint density at radius 3 is 2.64 bits per heavy atom. The van der Waals surface area contributed by atoms with Gasteiger partial charge in [0.2, 0.25) is 0 Å². The molecule has 1 aromatic carbocycles. The van der Waals surface area contributed by atoms with Crippen LogP contribution < -0.4 is 10.1 Å². The van der Waals surface area contributed by atoms with Crippen molar-refractivity contribution in [2.24, 2.45) is 7.05 Å². The molecule has 25 heavy (non-hydrogen) atoms. The Labute approximate surface area is 146 Å². The van der Waals surface area contributed by atoms with Crippen molar-refractivity contribution < 1.29 is 9.53 Å². The van der Waals surface area contributed by atoms with Crippen LogP contribution in [0.2, 0.25) is 0 Å². The standard InChI is InChI=1S/C18H21N5O2/c1-4-14-5-7-16(8-6-14)25-12-23-10-15(9-19-23)20-18(24)17-11-22(3)21-13(17)2/h5-11H,4,12H2,1-3H3,(H,20,24). The van der Waals surface area contributed by atoms with E-state index in [4.69, 9.17) is 4.74 Å². The zero-order valence-corrected chi connectivity index (χ0v) is 14.6. The summed E-state index contributed by atoms with van der Waals surface area (Å²) >= 11 is 0. The summed E-state index contributed by atoms with van der Waals surface area (Å²) in [4.78, 5) is 12.3. The van der Waals surface area contributed by atoms with E-state index >= 15 is 0 Å². The van der Waals surface area contributed by atoms with Crippen LogP contribution in [0.25, 0.3) is 0 Å². The summed E-state index contributed by atoms with van der Waals surface area (Å²) in [5.74, 6) is 0.575. The van der Waals surface area contributed by atoms with E-state index in [2.05, 4.69) is 22.4 Å². The van der Waals surface area contributed by atoms with E-state index in [1.54, 1.807) is 41.9 Å². The lowest BCUT2D eigenvalue weighted by Crippen LogP contribution is -2.12. The molecule has 2 heterocycles. The largest absolute Gasteiger partial charge is 0.471 e. The van der Waals surface area contributed by atoms with E-state index in [1.165, 1.54) is 5.56 Å². The molecule has 0 radical (unpaired) electrons. The summed E-state index contributed by atoms with van der Waals surface area (Å²) < 4.78 is 8.93. The van der Waals surface area contributed by atoms with Gasteiger partial charge < -0.3 is 10.1 Å². The van der Waals surface area contributed by atoms with Gasteiger partial charge in [0, 0.05) is 13.2 Å². The van der Waals surface area contributed by atoms with E-state index in [-0.39, 0.29) is 12.6 Å². The molecule has 0 saturated heterocycles. The molecule has 0 fully saturated rings. The predicted molar refractivity (Wildman–Crippen MR) is 94.6 cm³/mol. The van der Waals surface area contributed by atoms with Crippen LogP contribution in [0.4, 0.5) is 5.69 Å². The lowest BCUT2D eigenvalue weighted by Gasteiger charge is -2.06. The first kappa shape index (κ1) is 16.8. The molecule has 1 amide bonds. The Balaban J connectivity index is 1.58. The third-order valence-electron chi connectivity index (χ3n) is 3.84. The Morgan fingerprint density at radius 1 is 1.24 bits per heavy atom. The average Bonchev–Trinajstić information content (AvgIpc) is 3.19. The number of carbonyl (C=O) groups excluding carboxylic acids is 1. The highest BCUT2D eigenvalue weighted by Crippen LogP contribution is 2.14. The molecule has 0 aliphatic carbocycles. The number of carbonyl (C=O) groups is 1. The van der Waals surface area contributed by atoms with E-state index in [1.807, 2.05) is 24.3 Å². The number of anilines is 1. The Kier molecular flexibility index (Phi) is 4.83. The van der Waals surface area contributed by atoms with Gasteiger partial charge in [-0.3, -0.25) is 9.48 Å². The maximum Gasteiger partial charge on any atom is 0.259 e. The van der Waals surface area contributed by atoms with Crippen molar-refractivity contribution in [3.05, 3.63) is 59.7 Å². The molecule has 130 valence electrons. The maximum absolute atomic E-state index is 12.3. The molecule has 3 aromatic rings. The van der Waals surface area contributed by atoms with Crippen molar-refractivity contribution in [1.82, 2.24) is 19.6 Å². The van der Waals surface area contributed by atoms with Gasteiger partial charge in [-0.2, -0.15) is 10.2 Å². The zero-order valence-electron chi connectivity index (χ0n) is 14.6. The minimum Gasteiger partial charge on any atom is -0.471 e. The van der Waals surface area contributed by atoms with Crippen LogP contribution >= 0.6 is 0 Å². The van der Waals surface area contributed by atoms with Crippen molar-refractivity contribution in [2.75, 3.05) is 5.32 Å². The number of aryl methyl sites for hydroxylation is 3. The number of hydrogen-bond acceptors (Lipinski definition) is 4. The molecular weight excluding hydrogens is 318 g/mol. The molecule has 3 rings (SSSR count). The summed E-state index contributed by atoms with van der Waals surface area (Å²) in [5, 5.41) is 11.2. The van der Waals surface area contributed by atoms with Gasteiger partial charge in [0.05, 0.1) is 29.3 Å². The molecule has 0 spiro atoms. The normalized spacial score (nSPS) is 10.7. The van der Waals surface area contributed by atoms with Gasteiger partial charge in [-0.15, -0.1) is 0 Å². The number of benzene rings is 1. The number of amides is 1. The smallest absolute Gasteiger partial charge is 0.259 e. The minimum atomic E-state index is -0.207. The van der Waals surface area contributed by atoms with E-state index < -0.39 is 0 Å². The topological polar surface area (TPSA) is 74.0 Å². The quantitative estimate of drug-likeness (QED) is 0.749. The van der Waals surface area contributed by atoms with Gasteiger partial charge in [-0.25, -0.2) is 4.68 Å². The van der Waals surface area contributed by atoms with Crippen LogP contribution in [-0.4, -0.2) is 25.5 Å². The summed E-state index contributed by atoms with van der Waals surface area (Å²) in [6.45, 7) is 4.19. The Hall–Kier alpha value is -3.09. The van der Waals surface area contributed by atoms with Crippen molar-refractivity contribution in [2.45, 2.75) is 27.0 Å². The number of nitrogens with zero attached hydrogens (tertiary/aromatic N) is 4. The second kappa shape index (κ2) is 7.21. The average molecular weight is 339 g/mol. The van der Waals surface area contributed by atoms with Crippen LogP contribution in [0.15, 0.2) is 42.9 Å². The molecule has 0 aliphatic rings. The Bertz CT molecular complexity index is 864. The summed E-state index contributed by atoms with van der Waals surface area (Å²) in [6, 6.07) is 7.97. The highest BCUT2D eigenvalue weighted by atomic mass is 16.5. The number of rotatable bonds is 6. The molecule has 2 aromatic heterocycles. The fourth-order valence-corrected chi connectivity index (χ4v) is 2.48. The fourth-order valence-electron chi connectivity index (χ4n) is 2.48. The molecule has 7 nitrogen and oxygen atoms in total. The SMILES string of the molecule is CCc1ccc(OCn2cc(NC(=O)c3cn(C)nc3C)cn2)cc1. The number of hydrogen-bond donors (Lipinski definition) is 1. The minimum absolute atomic E-state index is 0.207. The molecule has 1 N–H and O–H groups in total. The van der Waals surface area contributed by atoms with Crippen molar-refractivity contribution in [1.29, 1.82) is 0 Å². The summed E-state index contributed by atoms with van der Waals surface area (Å²) in [7, 11) is 1.78. The number of nitrogens with one attached hydrogen (secondary N) is 1. The molecule has 7 heteroatoms. The van der Waals surface area contributed by atoms with Crippen LogP contribution in [0.5, 0.6) is 5.75 Å². The van der Waals surface area contributed by atoms with Gasteiger partial charge >= 0.3 is 0 Å². The van der Waals surface area contributed by atoms with Gasteiger partial charge in [-0.1, -0.05) is 19.1 Å². The van der Waals surface area contributed by atoms with Crippen LogP contribution in [0.1, 0.15) is 28.5 Å². The third-order valence-corrected chi connectivity index (χ3v) is 3.84. The maximum atomic E-state index is 12.3. The predicted octanol–water partition coefficient (Wildman–Crippen LogP) is 2.78. The van der Waals surface area contributed by atoms with E-state index in [9.17, 15) is 4.79 Å². The molecular formula is C18H21N5O2. The van der Waals surface area contributed by atoms with E-state index in [0.29, 0.717) is 16.9 Å². The summed E-state index contributed by atoms with van der Waals surface area (Å²) in [6.07, 6.45) is 6.01. The zero-order chi connectivity index (χ0) is 17.8. The molecule has 0 bridgehead atoms. The third kappa shape index (κ3) is 4.06. The first-order valence-electron chi connectivity index (χ1n) is 8.11. The van der Waals surface area contributed by atoms with Crippen molar-refractivity contribution in [3.63, 3.8) is 0 Å². The summed E-state index contributed by atoms with van der Waals surface area (Å²) in [5.41, 5.74) is 3.11. The van der Waals surface area contributed by atoms with Gasteiger partial charge in [0.25, 0.3) is 5.91 Å². The van der Waals surface area contributed by atoms with E-state index in [0.717, 1.165) is 12.2 Å². The van der Waals surface area contributed by atoms with Crippen LogP contribution in [0.3, 0.4) is 0 Å². The van der Waals surface area contributed by atoms with Crippen LogP contribution in [0, 0.1) is 6.92 Å². The molecule has 0 saturated carbocycles. The lowest BCUT2D eigenvalue weighted by molar-refractivity contribution is 0.102. The molecule has 0 aliphatic heterocycles. The highest BCUT2D eigenvalue weighted by molar-refractivity contribution is 6.04. The van der Waals surface area contributed by atoms with Crippen molar-refractivity contribution >= 4 is 11.6 Å². The van der Waals surface area contributed by atoms with Crippen LogP contribution in [-0.2, 0) is 20.2 Å². The second-order valence-electron chi connectivity index (χ2n) is 5.80. The lowest BCUT2D eigenvalue weighted by atomic mass is 10.2. The molecule has 0 atom stereocenters. The monoisotopic (exact) mass is 339 g/mol.